The van der Waals surface area contributed by atoms with E-state index in [1.807, 2.05) is 0 Å². The topological polar surface area (TPSA) is 126 Å². The van der Waals surface area contributed by atoms with Gasteiger partial charge >= 0.3 is 5.97 Å². The molecule has 1 aromatic rings. The maximum Gasteiger partial charge on any atom is 0.371 e. The highest BCUT2D eigenvalue weighted by molar-refractivity contribution is 7.89. The molecule has 106 valence electrons. The fourth-order valence-electron chi connectivity index (χ4n) is 1.34. The number of carboxylic acids is 1. The van der Waals surface area contributed by atoms with E-state index < -0.39 is 21.8 Å². The van der Waals surface area contributed by atoms with E-state index in [0.29, 0.717) is 0 Å². The lowest BCUT2D eigenvalue weighted by Gasteiger charge is -2.04. The number of sulfonamides is 1. The summed E-state index contributed by atoms with van der Waals surface area (Å²) >= 11 is 0. The molecule has 0 aromatic carbocycles. The Balaban J connectivity index is 2.83. The second-order valence-corrected chi connectivity index (χ2v) is 5.39. The smallest absolute Gasteiger partial charge is 0.371 e. The summed E-state index contributed by atoms with van der Waals surface area (Å²) in [6, 6.07) is 0.930. The molecular formula is C10H14N2O6S. The second-order valence-electron chi connectivity index (χ2n) is 3.66. The van der Waals surface area contributed by atoms with Gasteiger partial charge < -0.3 is 14.8 Å². The molecule has 3 N–H and O–H groups in total. The zero-order valence-corrected chi connectivity index (χ0v) is 11.2. The largest absolute Gasteiger partial charge is 0.475 e. The Morgan fingerprint density at radius 3 is 2.53 bits per heavy atom. The van der Waals surface area contributed by atoms with Crippen LogP contribution in [0.15, 0.2) is 15.4 Å². The van der Waals surface area contributed by atoms with Crippen LogP contribution in [0.3, 0.4) is 0 Å². The van der Waals surface area contributed by atoms with Crippen molar-refractivity contribution in [3.63, 3.8) is 0 Å². The van der Waals surface area contributed by atoms with Crippen molar-refractivity contribution in [1.82, 2.24) is 10.0 Å². The van der Waals surface area contributed by atoms with E-state index in [0.717, 1.165) is 6.07 Å². The molecule has 0 aliphatic rings. The predicted molar refractivity (Wildman–Crippen MR) is 64.3 cm³/mol. The van der Waals surface area contributed by atoms with E-state index in [1.54, 1.807) is 0 Å². The molecular weight excluding hydrogens is 276 g/mol. The third-order valence-corrected chi connectivity index (χ3v) is 3.86. The maximum atomic E-state index is 11.9. The van der Waals surface area contributed by atoms with Gasteiger partial charge in [0.1, 0.15) is 10.7 Å². The Labute approximate surface area is 109 Å². The Morgan fingerprint density at radius 2 is 2.05 bits per heavy atom. The first kappa shape index (κ1) is 15.2. The van der Waals surface area contributed by atoms with Gasteiger partial charge in [-0.25, -0.2) is 17.9 Å². The van der Waals surface area contributed by atoms with Gasteiger partial charge in [-0.1, -0.05) is 0 Å². The monoisotopic (exact) mass is 290 g/mol. The molecule has 1 amide bonds. The predicted octanol–water partition coefficient (Wildman–Crippen LogP) is -0.299. The van der Waals surface area contributed by atoms with E-state index in [1.165, 1.54) is 14.0 Å². The van der Waals surface area contributed by atoms with Crippen molar-refractivity contribution in [1.29, 1.82) is 0 Å². The van der Waals surface area contributed by atoms with E-state index >= 15 is 0 Å². The zero-order chi connectivity index (χ0) is 14.6. The molecule has 9 heteroatoms. The van der Waals surface area contributed by atoms with Gasteiger partial charge in [0.25, 0.3) is 0 Å². The number of carboxylic acid groups (broad SMARTS) is 1. The Bertz CT molecular complexity index is 589. The summed E-state index contributed by atoms with van der Waals surface area (Å²) in [5.41, 5.74) is 0. The number of aryl methyl sites for hydroxylation is 1. The maximum absolute atomic E-state index is 11.9. The highest BCUT2D eigenvalue weighted by Gasteiger charge is 2.23. The molecule has 0 spiro atoms. The van der Waals surface area contributed by atoms with Crippen molar-refractivity contribution in [2.75, 3.05) is 13.6 Å². The van der Waals surface area contributed by atoms with Crippen LogP contribution in [0.2, 0.25) is 0 Å². The number of carbonyl (C=O) groups is 2. The summed E-state index contributed by atoms with van der Waals surface area (Å²) < 4.78 is 30.7. The molecule has 8 nitrogen and oxygen atoms in total. The van der Waals surface area contributed by atoms with Gasteiger partial charge in [0, 0.05) is 26.1 Å². The van der Waals surface area contributed by atoms with Crippen LogP contribution in [0.4, 0.5) is 0 Å². The van der Waals surface area contributed by atoms with Gasteiger partial charge in [-0.05, 0) is 6.92 Å². The summed E-state index contributed by atoms with van der Waals surface area (Å²) in [5.74, 6) is -2.14. The van der Waals surface area contributed by atoms with E-state index in [4.69, 9.17) is 9.52 Å². The van der Waals surface area contributed by atoms with Crippen molar-refractivity contribution >= 4 is 21.9 Å². The summed E-state index contributed by atoms with van der Waals surface area (Å²) in [6.45, 7) is 1.26. The lowest BCUT2D eigenvalue weighted by atomic mass is 10.4. The van der Waals surface area contributed by atoms with E-state index in [-0.39, 0.29) is 29.5 Å². The molecule has 0 bridgehead atoms. The molecule has 1 aromatic heterocycles. The van der Waals surface area contributed by atoms with Crippen molar-refractivity contribution < 1.29 is 27.5 Å². The van der Waals surface area contributed by atoms with Crippen molar-refractivity contribution in [3.05, 3.63) is 17.6 Å². The molecule has 0 aliphatic carbocycles. The molecule has 0 saturated carbocycles. The van der Waals surface area contributed by atoms with Crippen LogP contribution in [0.1, 0.15) is 22.7 Å². The minimum absolute atomic E-state index is 0.0155. The zero-order valence-electron chi connectivity index (χ0n) is 10.4. The van der Waals surface area contributed by atoms with E-state index in [2.05, 4.69) is 10.0 Å². The molecule has 0 atom stereocenters. The molecule has 0 fully saturated rings. The summed E-state index contributed by atoms with van der Waals surface area (Å²) in [4.78, 5) is 21.4. The van der Waals surface area contributed by atoms with Crippen LogP contribution in [-0.2, 0) is 14.8 Å². The third kappa shape index (κ3) is 3.80. The van der Waals surface area contributed by atoms with Crippen molar-refractivity contribution in [2.24, 2.45) is 0 Å². The van der Waals surface area contributed by atoms with Crippen molar-refractivity contribution in [3.8, 4) is 0 Å². The van der Waals surface area contributed by atoms with Gasteiger partial charge in [-0.15, -0.1) is 0 Å². The standard InChI is InChI=1S/C10H14N2O6S/c1-6-8(5-7(18-6)10(14)15)19(16,17)12-4-3-9(13)11-2/h5,12H,3-4H2,1-2H3,(H,11,13)(H,14,15). The first-order valence-electron chi connectivity index (χ1n) is 5.32. The number of hydrogen-bond donors (Lipinski definition) is 3. The number of rotatable bonds is 6. The lowest BCUT2D eigenvalue weighted by Crippen LogP contribution is -2.29. The number of hydrogen-bond acceptors (Lipinski definition) is 5. The first-order valence-corrected chi connectivity index (χ1v) is 6.80. The average molecular weight is 290 g/mol. The second kappa shape index (κ2) is 5.85. The molecule has 1 heterocycles. The number of nitrogens with one attached hydrogen (secondary N) is 2. The number of aromatic carboxylic acids is 1. The summed E-state index contributed by atoms with van der Waals surface area (Å²) in [6.07, 6.45) is -0.0155. The van der Waals surface area contributed by atoms with Crippen LogP contribution in [0.25, 0.3) is 0 Å². The normalized spacial score (nSPS) is 11.3. The molecule has 0 saturated heterocycles. The fourth-order valence-corrected chi connectivity index (χ4v) is 2.55. The number of amides is 1. The molecule has 19 heavy (non-hydrogen) atoms. The van der Waals surface area contributed by atoms with Gasteiger partial charge in [-0.3, -0.25) is 4.79 Å². The minimum Gasteiger partial charge on any atom is -0.475 e. The lowest BCUT2D eigenvalue weighted by molar-refractivity contribution is -0.120. The quantitative estimate of drug-likeness (QED) is 0.660. The van der Waals surface area contributed by atoms with Crippen LogP contribution in [-0.4, -0.2) is 39.0 Å². The van der Waals surface area contributed by atoms with Gasteiger partial charge in [0.15, 0.2) is 0 Å². The van der Waals surface area contributed by atoms with Gasteiger partial charge in [-0.2, -0.15) is 0 Å². The van der Waals surface area contributed by atoms with Crippen molar-refractivity contribution in [2.45, 2.75) is 18.2 Å². The Hall–Kier alpha value is -1.87. The summed E-state index contributed by atoms with van der Waals surface area (Å²) in [7, 11) is -2.45. The number of furan rings is 1. The van der Waals surface area contributed by atoms with Crippen LogP contribution in [0.5, 0.6) is 0 Å². The molecule has 0 radical (unpaired) electrons. The minimum atomic E-state index is -3.89. The molecule has 0 unspecified atom stereocenters. The highest BCUT2D eigenvalue weighted by Crippen LogP contribution is 2.19. The first-order chi connectivity index (χ1) is 8.77. The third-order valence-electron chi connectivity index (χ3n) is 2.30. The highest BCUT2D eigenvalue weighted by atomic mass is 32.2. The Kier molecular flexibility index (Phi) is 4.67. The van der Waals surface area contributed by atoms with Gasteiger partial charge in [0.05, 0.1) is 0 Å². The van der Waals surface area contributed by atoms with Gasteiger partial charge in [0.2, 0.25) is 21.7 Å². The van der Waals surface area contributed by atoms with Crippen LogP contribution < -0.4 is 10.0 Å². The summed E-state index contributed by atoms with van der Waals surface area (Å²) in [5, 5.41) is 11.1. The SMILES string of the molecule is CNC(=O)CCNS(=O)(=O)c1cc(C(=O)O)oc1C. The van der Waals surface area contributed by atoms with E-state index in [9.17, 15) is 18.0 Å². The van der Waals surface area contributed by atoms with Crippen LogP contribution in [0, 0.1) is 6.92 Å². The molecule has 1 rings (SSSR count). The average Bonchev–Trinajstić information content (AvgIpc) is 2.71. The Morgan fingerprint density at radius 1 is 1.42 bits per heavy atom. The molecule has 0 aliphatic heterocycles. The fraction of sp³-hybridized carbons (Fsp3) is 0.400. The van der Waals surface area contributed by atoms with Crippen LogP contribution >= 0.6 is 0 Å². The number of carbonyl (C=O) groups excluding carboxylic acids is 1.